The number of aromatic nitrogens is 2. The molecule has 3 rings (SSSR count). The fourth-order valence-corrected chi connectivity index (χ4v) is 4.43. The van der Waals surface area contributed by atoms with Gasteiger partial charge in [-0.25, -0.2) is 4.79 Å². The van der Waals surface area contributed by atoms with Gasteiger partial charge in [0.15, 0.2) is 10.9 Å². The average Bonchev–Trinajstić information content (AvgIpc) is 3.02. The molecule has 2 aromatic rings. The summed E-state index contributed by atoms with van der Waals surface area (Å²) >= 11 is 6.96. The summed E-state index contributed by atoms with van der Waals surface area (Å²) in [5.41, 5.74) is 1.75. The quantitative estimate of drug-likeness (QED) is 0.495. The smallest absolute Gasteiger partial charge is 0.341 e. The van der Waals surface area contributed by atoms with E-state index in [-0.39, 0.29) is 5.97 Å². The molecular formula is C16H20N4O2S2. The first-order chi connectivity index (χ1) is 11.6. The Bertz CT molecular complexity index is 766. The maximum atomic E-state index is 12.3. The van der Waals surface area contributed by atoms with Crippen LogP contribution in [-0.2, 0) is 24.6 Å². The van der Waals surface area contributed by atoms with Crippen molar-refractivity contribution in [2.45, 2.75) is 32.1 Å². The standard InChI is InChI=1S/C16H20N4O2S2/c1-20-9-8-12(19-20)17-16(23)18-14-13(15(21)22-2)10-6-4-3-5-7-11(10)24-14/h8-9H,3-7H2,1-2H3,(H2,17,18,19,23). The Kier molecular flexibility index (Phi) is 5.15. The fraction of sp³-hybridized carbons (Fsp3) is 0.438. The lowest BCUT2D eigenvalue weighted by Gasteiger charge is -2.09. The minimum atomic E-state index is -0.308. The average molecular weight is 364 g/mol. The van der Waals surface area contributed by atoms with Crippen LogP contribution in [0.1, 0.15) is 40.1 Å². The van der Waals surface area contributed by atoms with E-state index in [2.05, 4.69) is 15.7 Å². The number of thiocarbonyl (C=S) groups is 1. The molecule has 6 nitrogen and oxygen atoms in total. The number of esters is 1. The van der Waals surface area contributed by atoms with Gasteiger partial charge in [-0.2, -0.15) is 5.10 Å². The second-order valence-corrected chi connectivity index (χ2v) is 7.23. The zero-order valence-corrected chi connectivity index (χ0v) is 15.4. The molecule has 8 heteroatoms. The van der Waals surface area contributed by atoms with E-state index >= 15 is 0 Å². The monoisotopic (exact) mass is 364 g/mol. The van der Waals surface area contributed by atoms with Gasteiger partial charge in [0.1, 0.15) is 5.00 Å². The lowest BCUT2D eigenvalue weighted by Crippen LogP contribution is -2.20. The third-order valence-corrected chi connectivity index (χ3v) is 5.40. The number of fused-ring (bicyclic) bond motifs is 1. The number of hydrogen-bond donors (Lipinski definition) is 2. The number of carbonyl (C=O) groups excluding carboxylic acids is 1. The van der Waals surface area contributed by atoms with Crippen molar-refractivity contribution in [1.82, 2.24) is 9.78 Å². The van der Waals surface area contributed by atoms with E-state index in [1.54, 1.807) is 16.0 Å². The van der Waals surface area contributed by atoms with Gasteiger partial charge >= 0.3 is 5.97 Å². The molecule has 0 aliphatic heterocycles. The number of ether oxygens (including phenoxy) is 1. The van der Waals surface area contributed by atoms with Gasteiger partial charge in [0, 0.05) is 24.2 Å². The Hall–Kier alpha value is -1.93. The van der Waals surface area contributed by atoms with Crippen molar-refractivity contribution in [3.63, 3.8) is 0 Å². The molecule has 0 bridgehead atoms. The topological polar surface area (TPSA) is 68.2 Å². The summed E-state index contributed by atoms with van der Waals surface area (Å²) in [7, 11) is 3.25. The number of aryl methyl sites for hydroxylation is 2. The Labute approximate surface area is 150 Å². The van der Waals surface area contributed by atoms with Gasteiger partial charge in [-0.3, -0.25) is 4.68 Å². The highest BCUT2D eigenvalue weighted by molar-refractivity contribution is 7.80. The van der Waals surface area contributed by atoms with Crippen LogP contribution in [0, 0.1) is 0 Å². The minimum Gasteiger partial charge on any atom is -0.465 e. The van der Waals surface area contributed by atoms with Crippen LogP contribution in [0.3, 0.4) is 0 Å². The van der Waals surface area contributed by atoms with Crippen LogP contribution in [0.25, 0.3) is 0 Å². The molecule has 0 atom stereocenters. The van der Waals surface area contributed by atoms with Crippen LogP contribution in [0.5, 0.6) is 0 Å². The van der Waals surface area contributed by atoms with Crippen LogP contribution in [0.15, 0.2) is 12.3 Å². The second-order valence-electron chi connectivity index (χ2n) is 5.71. The molecule has 0 unspecified atom stereocenters. The first-order valence-electron chi connectivity index (χ1n) is 7.89. The number of hydrogen-bond acceptors (Lipinski definition) is 5. The molecule has 0 amide bonds. The molecule has 0 radical (unpaired) electrons. The van der Waals surface area contributed by atoms with Gasteiger partial charge in [-0.15, -0.1) is 11.3 Å². The summed E-state index contributed by atoms with van der Waals surface area (Å²) in [4.78, 5) is 13.5. The van der Waals surface area contributed by atoms with Gasteiger partial charge in [0.05, 0.1) is 12.7 Å². The van der Waals surface area contributed by atoms with E-state index in [1.807, 2.05) is 19.3 Å². The normalized spacial score (nSPS) is 13.8. The van der Waals surface area contributed by atoms with E-state index in [0.29, 0.717) is 16.5 Å². The molecule has 2 N–H and O–H groups in total. The summed E-state index contributed by atoms with van der Waals surface area (Å²) < 4.78 is 6.69. The van der Waals surface area contributed by atoms with E-state index < -0.39 is 0 Å². The van der Waals surface area contributed by atoms with Crippen LogP contribution in [0.2, 0.25) is 0 Å². The Balaban J connectivity index is 1.84. The summed E-state index contributed by atoms with van der Waals surface area (Å²) in [6.07, 6.45) is 7.21. The van der Waals surface area contributed by atoms with E-state index in [1.165, 1.54) is 18.4 Å². The second kappa shape index (κ2) is 7.31. The number of nitrogens with zero attached hydrogens (tertiary/aromatic N) is 2. The third-order valence-electron chi connectivity index (χ3n) is 3.99. The van der Waals surface area contributed by atoms with Crippen LogP contribution < -0.4 is 10.6 Å². The molecule has 0 spiro atoms. The highest BCUT2D eigenvalue weighted by atomic mass is 32.1. The molecule has 0 saturated heterocycles. The SMILES string of the molecule is COC(=O)c1c(NC(=S)Nc2ccn(C)n2)sc2c1CCCCC2. The molecule has 0 fully saturated rings. The Morgan fingerprint density at radius 3 is 2.83 bits per heavy atom. The van der Waals surface area contributed by atoms with E-state index in [9.17, 15) is 4.79 Å². The Morgan fingerprint density at radius 2 is 2.12 bits per heavy atom. The zero-order valence-electron chi connectivity index (χ0n) is 13.7. The summed E-state index contributed by atoms with van der Waals surface area (Å²) in [5.74, 6) is 0.352. The van der Waals surface area contributed by atoms with Crippen molar-refractivity contribution >= 4 is 45.5 Å². The van der Waals surface area contributed by atoms with Crippen molar-refractivity contribution in [3.8, 4) is 0 Å². The molecule has 24 heavy (non-hydrogen) atoms. The zero-order chi connectivity index (χ0) is 17.1. The van der Waals surface area contributed by atoms with Gasteiger partial charge in [-0.05, 0) is 43.5 Å². The molecule has 0 aromatic carbocycles. The van der Waals surface area contributed by atoms with Gasteiger partial charge in [0.2, 0.25) is 0 Å². The predicted octanol–water partition coefficient (Wildman–Crippen LogP) is 3.35. The predicted molar refractivity (Wildman–Crippen MR) is 100.0 cm³/mol. The molecule has 1 aliphatic rings. The lowest BCUT2D eigenvalue weighted by molar-refractivity contribution is 0.0601. The number of methoxy groups -OCH3 is 1. The molecule has 2 heterocycles. The van der Waals surface area contributed by atoms with Gasteiger partial charge in [0.25, 0.3) is 0 Å². The van der Waals surface area contributed by atoms with Crippen molar-refractivity contribution in [2.24, 2.45) is 7.05 Å². The van der Waals surface area contributed by atoms with Gasteiger partial charge < -0.3 is 15.4 Å². The van der Waals surface area contributed by atoms with Crippen LogP contribution >= 0.6 is 23.6 Å². The van der Waals surface area contributed by atoms with E-state index in [0.717, 1.165) is 36.2 Å². The van der Waals surface area contributed by atoms with Crippen molar-refractivity contribution in [2.75, 3.05) is 17.7 Å². The number of rotatable bonds is 3. The number of nitrogens with one attached hydrogen (secondary N) is 2. The highest BCUT2D eigenvalue weighted by Crippen LogP contribution is 2.38. The first kappa shape index (κ1) is 16.9. The minimum absolute atomic E-state index is 0.308. The number of anilines is 2. The van der Waals surface area contributed by atoms with Crippen LogP contribution in [0.4, 0.5) is 10.8 Å². The Morgan fingerprint density at radius 1 is 1.33 bits per heavy atom. The van der Waals surface area contributed by atoms with Crippen molar-refractivity contribution in [3.05, 3.63) is 28.3 Å². The maximum absolute atomic E-state index is 12.3. The summed E-state index contributed by atoms with van der Waals surface area (Å²) in [6, 6.07) is 1.83. The molecular weight excluding hydrogens is 344 g/mol. The summed E-state index contributed by atoms with van der Waals surface area (Å²) in [6.45, 7) is 0. The number of carbonyl (C=O) groups is 1. The molecule has 128 valence electrons. The number of thiophene rings is 1. The third kappa shape index (κ3) is 3.59. The lowest BCUT2D eigenvalue weighted by atomic mass is 10.1. The molecule has 0 saturated carbocycles. The molecule has 2 aromatic heterocycles. The highest BCUT2D eigenvalue weighted by Gasteiger charge is 2.25. The van der Waals surface area contributed by atoms with Crippen molar-refractivity contribution < 1.29 is 9.53 Å². The molecule has 1 aliphatic carbocycles. The first-order valence-corrected chi connectivity index (χ1v) is 9.11. The maximum Gasteiger partial charge on any atom is 0.341 e. The summed E-state index contributed by atoms with van der Waals surface area (Å²) in [5, 5.41) is 11.6. The van der Waals surface area contributed by atoms with Crippen LogP contribution in [-0.4, -0.2) is 28.0 Å². The largest absolute Gasteiger partial charge is 0.465 e. The van der Waals surface area contributed by atoms with Gasteiger partial charge in [-0.1, -0.05) is 6.42 Å². The van der Waals surface area contributed by atoms with E-state index in [4.69, 9.17) is 17.0 Å². The fourth-order valence-electron chi connectivity index (χ4n) is 2.88. The van der Waals surface area contributed by atoms with Crippen molar-refractivity contribution in [1.29, 1.82) is 0 Å².